The Labute approximate surface area is 161 Å². The second-order valence-corrected chi connectivity index (χ2v) is 7.10. The first-order valence-electron chi connectivity index (χ1n) is 9.28. The molecule has 1 amide bonds. The van der Waals surface area contributed by atoms with E-state index < -0.39 is 6.04 Å². The van der Waals surface area contributed by atoms with Gasteiger partial charge in [-0.2, -0.15) is 0 Å². The summed E-state index contributed by atoms with van der Waals surface area (Å²) in [6.07, 6.45) is 7.05. The molecule has 1 aromatic rings. The summed E-state index contributed by atoms with van der Waals surface area (Å²) < 4.78 is 13.8. The van der Waals surface area contributed by atoms with Crippen molar-refractivity contribution in [3.8, 4) is 0 Å². The third kappa shape index (κ3) is 5.27. The van der Waals surface area contributed by atoms with Gasteiger partial charge in [-0.3, -0.25) is 4.79 Å². The van der Waals surface area contributed by atoms with E-state index in [4.69, 9.17) is 5.73 Å². The summed E-state index contributed by atoms with van der Waals surface area (Å²) in [5.74, 6) is -0.316. The zero-order valence-electron chi connectivity index (χ0n) is 16.2. The number of halogens is 1. The van der Waals surface area contributed by atoms with E-state index in [1.54, 1.807) is 18.2 Å². The van der Waals surface area contributed by atoms with Gasteiger partial charge in [0.25, 0.3) is 0 Å². The Morgan fingerprint density at radius 2 is 2.11 bits per heavy atom. The Morgan fingerprint density at radius 3 is 2.70 bits per heavy atom. The van der Waals surface area contributed by atoms with Crippen molar-refractivity contribution in [2.75, 3.05) is 6.54 Å². The Hall–Kier alpha value is -2.46. The molecule has 1 heterocycles. The number of hydrogen-bond acceptors (Lipinski definition) is 2. The molecular weight excluding hydrogens is 339 g/mol. The molecule has 2 N–H and O–H groups in total. The number of nitrogens with zero attached hydrogens (tertiary/aromatic N) is 1. The van der Waals surface area contributed by atoms with Gasteiger partial charge in [0, 0.05) is 19.0 Å². The van der Waals surface area contributed by atoms with E-state index in [9.17, 15) is 9.18 Å². The highest BCUT2D eigenvalue weighted by molar-refractivity contribution is 5.78. The van der Waals surface area contributed by atoms with Crippen LogP contribution < -0.4 is 5.73 Å². The van der Waals surface area contributed by atoms with Crippen LogP contribution in [-0.2, 0) is 11.2 Å². The molecule has 3 nitrogen and oxygen atoms in total. The van der Waals surface area contributed by atoms with Crippen molar-refractivity contribution < 1.29 is 9.18 Å². The van der Waals surface area contributed by atoms with Crippen molar-refractivity contribution in [1.29, 1.82) is 0 Å². The summed E-state index contributed by atoms with van der Waals surface area (Å²) in [5.41, 5.74) is 9.87. The molecule has 0 radical (unpaired) electrons. The van der Waals surface area contributed by atoms with Gasteiger partial charge >= 0.3 is 0 Å². The Bertz CT molecular complexity index is 778. The summed E-state index contributed by atoms with van der Waals surface area (Å²) in [5, 5.41) is 0. The highest BCUT2D eigenvalue weighted by atomic mass is 19.1. The zero-order valence-corrected chi connectivity index (χ0v) is 16.2. The van der Waals surface area contributed by atoms with Gasteiger partial charge in [-0.15, -0.1) is 0 Å². The molecule has 0 aromatic heterocycles. The number of allylic oxidation sites excluding steroid dienone is 2. The normalized spacial score (nSPS) is 18.7. The quantitative estimate of drug-likeness (QED) is 0.729. The topological polar surface area (TPSA) is 46.3 Å². The van der Waals surface area contributed by atoms with Gasteiger partial charge in [0.15, 0.2) is 0 Å². The minimum atomic E-state index is -0.435. The molecule has 27 heavy (non-hydrogen) atoms. The minimum Gasteiger partial charge on any atom is -0.331 e. The van der Waals surface area contributed by atoms with E-state index in [1.165, 1.54) is 6.07 Å². The average molecular weight is 368 g/mol. The lowest BCUT2D eigenvalue weighted by Gasteiger charge is -2.38. The Morgan fingerprint density at radius 1 is 1.41 bits per heavy atom. The van der Waals surface area contributed by atoms with Crippen LogP contribution >= 0.6 is 0 Å². The van der Waals surface area contributed by atoms with Gasteiger partial charge in [-0.05, 0) is 49.5 Å². The predicted molar refractivity (Wildman–Crippen MR) is 110 cm³/mol. The molecule has 0 saturated carbocycles. The molecule has 1 aliphatic heterocycles. The lowest BCUT2D eigenvalue weighted by molar-refractivity contribution is -0.133. The molecule has 2 atom stereocenters. The number of benzene rings is 1. The van der Waals surface area contributed by atoms with Crippen LogP contribution in [0.1, 0.15) is 32.3 Å². The molecule has 2 rings (SSSR count). The maximum atomic E-state index is 13.8. The smallest absolute Gasteiger partial charge is 0.224 e. The number of amides is 1. The molecule has 0 fully saturated rings. The van der Waals surface area contributed by atoms with Crippen molar-refractivity contribution in [2.45, 2.75) is 45.2 Å². The minimum absolute atomic E-state index is 0.0306. The average Bonchev–Trinajstić information content (AvgIpc) is 2.63. The molecule has 0 bridgehead atoms. The third-order valence-corrected chi connectivity index (χ3v) is 4.92. The Kier molecular flexibility index (Phi) is 7.31. The molecule has 0 saturated heterocycles. The van der Waals surface area contributed by atoms with Gasteiger partial charge in [0.1, 0.15) is 5.82 Å². The van der Waals surface area contributed by atoms with E-state index >= 15 is 0 Å². The van der Waals surface area contributed by atoms with Crippen LogP contribution in [0.3, 0.4) is 0 Å². The molecule has 0 aliphatic carbocycles. The number of nitrogens with two attached hydrogens (primary N) is 1. The summed E-state index contributed by atoms with van der Waals surface area (Å²) in [6.45, 7) is 12.4. The largest absolute Gasteiger partial charge is 0.331 e. The molecule has 1 aliphatic rings. The molecule has 1 aromatic carbocycles. The molecule has 0 spiro atoms. The van der Waals surface area contributed by atoms with Crippen LogP contribution in [0.2, 0.25) is 0 Å². The fraction of sp³-hybridized carbons (Fsp3) is 0.348. The highest BCUT2D eigenvalue weighted by Crippen LogP contribution is 2.29. The van der Waals surface area contributed by atoms with E-state index in [1.807, 2.05) is 37.0 Å². The van der Waals surface area contributed by atoms with Crippen LogP contribution in [0, 0.1) is 5.82 Å². The van der Waals surface area contributed by atoms with Gasteiger partial charge in [0.2, 0.25) is 5.91 Å². The van der Waals surface area contributed by atoms with E-state index in [0.717, 1.165) is 16.7 Å². The lowest BCUT2D eigenvalue weighted by atomic mass is 9.89. The van der Waals surface area contributed by atoms with Crippen molar-refractivity contribution >= 4 is 5.91 Å². The maximum Gasteiger partial charge on any atom is 0.224 e. The number of carbonyl (C=O) groups excluding carboxylic acids is 1. The van der Waals surface area contributed by atoms with Gasteiger partial charge in [0.05, 0.1) is 6.04 Å². The highest BCUT2D eigenvalue weighted by Gasteiger charge is 2.30. The van der Waals surface area contributed by atoms with Gasteiger partial charge in [-0.25, -0.2) is 4.39 Å². The standard InChI is InChI=1S/C23H29FN2O/c1-5-9-19-15-26(22(16(3)4)13-17(19)6-2)23(27)14-20(25)12-18-10-7-8-11-21(18)24/h5-11,20,22H,2-3,12-15,25H2,1,4H3/b9-5-/t20?,22-/m0/s1. The van der Waals surface area contributed by atoms with Crippen LogP contribution in [-0.4, -0.2) is 29.4 Å². The monoisotopic (exact) mass is 368 g/mol. The second-order valence-electron chi connectivity index (χ2n) is 7.10. The molecule has 144 valence electrons. The summed E-state index contributed by atoms with van der Waals surface area (Å²) in [7, 11) is 0. The molecule has 4 heteroatoms. The van der Waals surface area contributed by atoms with E-state index in [0.29, 0.717) is 24.9 Å². The third-order valence-electron chi connectivity index (χ3n) is 4.92. The van der Waals surface area contributed by atoms with Gasteiger partial charge in [-0.1, -0.05) is 55.2 Å². The summed E-state index contributed by atoms with van der Waals surface area (Å²) in [6, 6.07) is 6.04. The number of carbonyl (C=O) groups is 1. The predicted octanol–water partition coefficient (Wildman–Crippen LogP) is 4.32. The SMILES string of the molecule is C=CC1=C(/C=C\C)CN(C(=O)CC(N)Cc2ccccc2F)[C@H](C(=C)C)C1. The number of hydrogen-bond donors (Lipinski definition) is 1. The first-order valence-corrected chi connectivity index (χ1v) is 9.28. The fourth-order valence-corrected chi connectivity index (χ4v) is 3.48. The maximum absolute atomic E-state index is 13.8. The lowest BCUT2D eigenvalue weighted by Crippen LogP contribution is -2.46. The van der Waals surface area contributed by atoms with Gasteiger partial charge < -0.3 is 10.6 Å². The summed E-state index contributed by atoms with van der Waals surface area (Å²) >= 11 is 0. The summed E-state index contributed by atoms with van der Waals surface area (Å²) in [4.78, 5) is 14.8. The first-order chi connectivity index (χ1) is 12.9. The van der Waals surface area contributed by atoms with Crippen molar-refractivity contribution in [3.63, 3.8) is 0 Å². The zero-order chi connectivity index (χ0) is 20.0. The van der Waals surface area contributed by atoms with Crippen LogP contribution in [0.5, 0.6) is 0 Å². The Balaban J connectivity index is 2.15. The number of rotatable bonds is 7. The second kappa shape index (κ2) is 9.47. The molecular formula is C23H29FN2O. The van der Waals surface area contributed by atoms with Crippen LogP contribution in [0.4, 0.5) is 4.39 Å². The van der Waals surface area contributed by atoms with Crippen LogP contribution in [0.25, 0.3) is 0 Å². The fourth-order valence-electron chi connectivity index (χ4n) is 3.48. The van der Waals surface area contributed by atoms with Crippen molar-refractivity contribution in [2.24, 2.45) is 5.73 Å². The van der Waals surface area contributed by atoms with Crippen LogP contribution in [0.15, 0.2) is 72.4 Å². The molecule has 1 unspecified atom stereocenters. The van der Waals surface area contributed by atoms with Crippen molar-refractivity contribution in [3.05, 3.63) is 83.8 Å². The first kappa shape index (κ1) is 20.8. The van der Waals surface area contributed by atoms with E-state index in [-0.39, 0.29) is 24.2 Å². The van der Waals surface area contributed by atoms with Crippen molar-refractivity contribution in [1.82, 2.24) is 4.90 Å². The van der Waals surface area contributed by atoms with E-state index in [2.05, 4.69) is 13.2 Å².